The maximum atomic E-state index is 7.02. The van der Waals surface area contributed by atoms with E-state index in [1.165, 1.54) is 0 Å². The highest BCUT2D eigenvalue weighted by atomic mass is 31.1. The predicted molar refractivity (Wildman–Crippen MR) is 186 cm³/mol. The third-order valence-corrected chi connectivity index (χ3v) is 12.3. The summed E-state index contributed by atoms with van der Waals surface area (Å²) < 4.78 is 21.1. The van der Waals surface area contributed by atoms with Gasteiger partial charge in [-0.15, -0.1) is 0 Å². The van der Waals surface area contributed by atoms with E-state index in [4.69, 9.17) is 13.3 Å². The second-order valence-corrected chi connectivity index (χ2v) is 15.0. The number of hydrogen-bond acceptors (Lipinski definition) is 3. The molecule has 3 nitrogen and oxygen atoms in total. The van der Waals surface area contributed by atoms with Crippen molar-refractivity contribution in [1.82, 2.24) is 0 Å². The van der Waals surface area contributed by atoms with Crippen molar-refractivity contribution < 1.29 is 13.3 Å². The Morgan fingerprint density at radius 3 is 0.581 bits per heavy atom. The highest BCUT2D eigenvalue weighted by Crippen LogP contribution is 2.46. The Hall–Kier alpha value is -3.45. The van der Waals surface area contributed by atoms with Crippen LogP contribution in [0.5, 0.6) is 0 Å². The summed E-state index contributed by atoms with van der Waals surface area (Å²) in [5, 5.41) is 6.55. The molecule has 6 rings (SSSR count). The molecule has 6 aromatic rings. The van der Waals surface area contributed by atoms with Gasteiger partial charge in [-0.2, -0.15) is 0 Å². The summed E-state index contributed by atoms with van der Waals surface area (Å²) in [5.74, 6) is 0. The summed E-state index contributed by atoms with van der Waals surface area (Å²) in [6, 6.07) is 62.2. The van der Waals surface area contributed by atoms with E-state index in [9.17, 15) is 0 Å². The molecule has 0 radical (unpaired) electrons. The number of hydrogen-bond donors (Lipinski definition) is 0. The van der Waals surface area contributed by atoms with Gasteiger partial charge in [0.2, 0.25) is 0 Å². The van der Waals surface area contributed by atoms with Crippen molar-refractivity contribution in [2.24, 2.45) is 0 Å². The maximum absolute atomic E-state index is 7.02. The standard InChI is InChI=1S/C36H30BO3P3/c1-7-19-31(20-8-1)41(32-21-9-2-10-22-32)38-37(39-42(33-23-11-3-12-24-33)34-25-13-4-14-26-34)40-43(35-27-15-5-16-28-35)36-29-17-6-18-30-36/h1-30H. The normalized spacial score (nSPS) is 11.2. The fourth-order valence-electron chi connectivity index (χ4n) is 4.51. The van der Waals surface area contributed by atoms with Crippen LogP contribution in [0.1, 0.15) is 0 Å². The molecule has 0 amide bonds. The van der Waals surface area contributed by atoms with Crippen molar-refractivity contribution >= 4 is 63.6 Å². The first kappa shape index (κ1) is 29.6. The fourth-order valence-corrected chi connectivity index (χ4v) is 9.77. The van der Waals surface area contributed by atoms with Crippen LogP contribution in [0.4, 0.5) is 0 Å². The van der Waals surface area contributed by atoms with Crippen molar-refractivity contribution in [3.05, 3.63) is 182 Å². The molecule has 43 heavy (non-hydrogen) atoms. The number of rotatable bonds is 12. The summed E-state index contributed by atoms with van der Waals surface area (Å²) >= 11 is 0. The van der Waals surface area contributed by atoms with Gasteiger partial charge in [-0.05, 0) is 0 Å². The minimum Gasteiger partial charge on any atom is -0.354 e. The van der Waals surface area contributed by atoms with E-state index in [2.05, 4.69) is 146 Å². The average molecular weight is 614 g/mol. The van der Waals surface area contributed by atoms with Gasteiger partial charge in [-0.25, -0.2) is 0 Å². The molecule has 210 valence electrons. The molecular formula is C36H30BO3P3. The van der Waals surface area contributed by atoms with Crippen molar-refractivity contribution in [2.45, 2.75) is 0 Å². The molecule has 7 heteroatoms. The van der Waals surface area contributed by atoms with E-state index >= 15 is 0 Å². The summed E-state index contributed by atoms with van der Waals surface area (Å²) in [5.41, 5.74) is 0. The van der Waals surface area contributed by atoms with Crippen LogP contribution in [0.2, 0.25) is 0 Å². The topological polar surface area (TPSA) is 27.7 Å². The van der Waals surface area contributed by atoms with Crippen molar-refractivity contribution in [1.29, 1.82) is 0 Å². The van der Waals surface area contributed by atoms with E-state index in [-0.39, 0.29) is 0 Å². The first-order valence-corrected chi connectivity index (χ1v) is 17.8. The van der Waals surface area contributed by atoms with Crippen LogP contribution >= 0.6 is 24.4 Å². The van der Waals surface area contributed by atoms with E-state index in [0.717, 1.165) is 31.8 Å². The zero-order chi connectivity index (χ0) is 29.1. The molecule has 6 aromatic carbocycles. The summed E-state index contributed by atoms with van der Waals surface area (Å²) in [4.78, 5) is 0. The average Bonchev–Trinajstić information content (AvgIpc) is 3.10. The van der Waals surface area contributed by atoms with E-state index < -0.39 is 31.8 Å². The Bertz CT molecular complexity index is 1330. The highest BCUT2D eigenvalue weighted by molar-refractivity contribution is 7.72. The second-order valence-electron chi connectivity index (χ2n) is 9.50. The molecular weight excluding hydrogens is 584 g/mol. The van der Waals surface area contributed by atoms with Crippen LogP contribution < -0.4 is 31.8 Å². The molecule has 0 aliphatic carbocycles. The van der Waals surface area contributed by atoms with Crippen LogP contribution in [0.15, 0.2) is 182 Å². The molecule has 0 atom stereocenters. The lowest BCUT2D eigenvalue weighted by molar-refractivity contribution is 0.362. The second kappa shape index (κ2) is 15.3. The van der Waals surface area contributed by atoms with Gasteiger partial charge < -0.3 is 13.3 Å². The summed E-state index contributed by atoms with van der Waals surface area (Å²) in [7, 11) is -4.72. The zero-order valence-corrected chi connectivity index (χ0v) is 26.1. The molecule has 0 aliphatic heterocycles. The molecule has 0 unspecified atom stereocenters. The Kier molecular flexibility index (Phi) is 10.6. The molecule has 0 saturated carbocycles. The molecule has 0 spiro atoms. The largest absolute Gasteiger partial charge is 0.650 e. The van der Waals surface area contributed by atoms with Crippen LogP contribution in [-0.4, -0.2) is 7.32 Å². The zero-order valence-electron chi connectivity index (χ0n) is 23.5. The third-order valence-electron chi connectivity index (χ3n) is 6.52. The van der Waals surface area contributed by atoms with E-state index in [0.29, 0.717) is 0 Å². The van der Waals surface area contributed by atoms with Crippen LogP contribution in [0, 0.1) is 0 Å². The summed E-state index contributed by atoms with van der Waals surface area (Å²) in [6.07, 6.45) is 0. The van der Waals surface area contributed by atoms with Crippen LogP contribution in [-0.2, 0) is 13.3 Å². The van der Waals surface area contributed by atoms with Crippen molar-refractivity contribution in [3.63, 3.8) is 0 Å². The van der Waals surface area contributed by atoms with E-state index in [1.807, 2.05) is 36.4 Å². The lowest BCUT2D eigenvalue weighted by Crippen LogP contribution is -2.31. The lowest BCUT2D eigenvalue weighted by atomic mass is 10.3. The molecule has 0 bridgehead atoms. The molecule has 0 fully saturated rings. The first-order chi connectivity index (χ1) is 21.3. The van der Waals surface area contributed by atoms with Gasteiger partial charge >= 0.3 is 7.32 Å². The van der Waals surface area contributed by atoms with Crippen molar-refractivity contribution in [2.75, 3.05) is 0 Å². The quantitative estimate of drug-likeness (QED) is 0.108. The minimum atomic E-state index is -1.26. The van der Waals surface area contributed by atoms with Gasteiger partial charge in [0.25, 0.3) is 0 Å². The molecule has 0 aromatic heterocycles. The lowest BCUT2D eigenvalue weighted by Gasteiger charge is -2.29. The van der Waals surface area contributed by atoms with Crippen LogP contribution in [0.3, 0.4) is 0 Å². The van der Waals surface area contributed by atoms with Crippen LogP contribution in [0.25, 0.3) is 0 Å². The van der Waals surface area contributed by atoms with Gasteiger partial charge in [-0.3, -0.25) is 0 Å². The van der Waals surface area contributed by atoms with E-state index in [1.54, 1.807) is 0 Å². The Balaban J connectivity index is 1.43. The van der Waals surface area contributed by atoms with Gasteiger partial charge in [-0.1, -0.05) is 182 Å². The molecule has 0 aliphatic rings. The molecule has 0 saturated heterocycles. The van der Waals surface area contributed by atoms with Crippen molar-refractivity contribution in [3.8, 4) is 0 Å². The first-order valence-electron chi connectivity index (χ1n) is 14.1. The van der Waals surface area contributed by atoms with Gasteiger partial charge in [0.05, 0.1) is 24.4 Å². The monoisotopic (exact) mass is 614 g/mol. The SMILES string of the molecule is c1ccc(P(OB(OP(c2ccccc2)c2ccccc2)OP(c2ccccc2)c2ccccc2)c2ccccc2)cc1. The molecule has 0 heterocycles. The molecule has 0 N–H and O–H groups in total. The number of benzene rings is 6. The Morgan fingerprint density at radius 1 is 0.256 bits per heavy atom. The fraction of sp³-hybridized carbons (Fsp3) is 0. The minimum absolute atomic E-state index is 0.954. The highest BCUT2D eigenvalue weighted by Gasteiger charge is 2.36. The summed E-state index contributed by atoms with van der Waals surface area (Å²) in [6.45, 7) is 0. The third kappa shape index (κ3) is 7.94. The smallest absolute Gasteiger partial charge is 0.354 e. The van der Waals surface area contributed by atoms with Gasteiger partial charge in [0.15, 0.2) is 0 Å². The van der Waals surface area contributed by atoms with Gasteiger partial charge in [0, 0.05) is 31.8 Å². The Labute approximate surface area is 258 Å². The van der Waals surface area contributed by atoms with Gasteiger partial charge in [0.1, 0.15) is 0 Å². The Morgan fingerprint density at radius 2 is 0.419 bits per heavy atom. The predicted octanol–water partition coefficient (Wildman–Crippen LogP) is 7.16. The maximum Gasteiger partial charge on any atom is 0.650 e.